The van der Waals surface area contributed by atoms with Gasteiger partial charge in [0.05, 0.1) is 17.9 Å². The Balaban J connectivity index is 1.44. The molecule has 152 valence electrons. The van der Waals surface area contributed by atoms with Crippen LogP contribution in [0.4, 0.5) is 0 Å². The van der Waals surface area contributed by atoms with Crippen molar-refractivity contribution in [2.24, 2.45) is 0 Å². The lowest BCUT2D eigenvalue weighted by molar-refractivity contribution is 0.0428. The summed E-state index contributed by atoms with van der Waals surface area (Å²) in [5.41, 5.74) is 5.00. The Morgan fingerprint density at radius 3 is 2.50 bits per heavy atom. The van der Waals surface area contributed by atoms with Crippen molar-refractivity contribution in [1.29, 1.82) is 0 Å². The van der Waals surface area contributed by atoms with Gasteiger partial charge in [-0.25, -0.2) is 4.79 Å². The first-order valence-corrected chi connectivity index (χ1v) is 9.66. The Morgan fingerprint density at radius 2 is 1.77 bits per heavy atom. The summed E-state index contributed by atoms with van der Waals surface area (Å²) >= 11 is 0. The quantitative estimate of drug-likeness (QED) is 0.448. The summed E-state index contributed by atoms with van der Waals surface area (Å²) in [6.45, 7) is 6.21. The van der Waals surface area contributed by atoms with E-state index < -0.39 is 5.97 Å². The molecule has 4 aromatic rings. The lowest BCUT2D eigenvalue weighted by Gasteiger charge is -2.06. The van der Waals surface area contributed by atoms with Gasteiger partial charge in [0.1, 0.15) is 5.56 Å². The number of esters is 1. The number of hydrogen-bond donors (Lipinski definition) is 0. The first-order chi connectivity index (χ1) is 14.5. The molecular formula is C23H22N4O3. The van der Waals surface area contributed by atoms with Crippen LogP contribution in [0.3, 0.4) is 0 Å². The second-order valence-electron chi connectivity index (χ2n) is 7.14. The average Bonchev–Trinajstić information content (AvgIpc) is 3.33. The first-order valence-electron chi connectivity index (χ1n) is 9.66. The molecule has 30 heavy (non-hydrogen) atoms. The van der Waals surface area contributed by atoms with Crippen molar-refractivity contribution >= 4 is 5.97 Å². The Bertz CT molecular complexity index is 1160. The molecular weight excluding hydrogens is 380 g/mol. The molecule has 7 heteroatoms. The van der Waals surface area contributed by atoms with Gasteiger partial charge in [0.25, 0.3) is 5.89 Å². The fourth-order valence-electron chi connectivity index (χ4n) is 3.23. The third-order valence-electron chi connectivity index (χ3n) is 4.87. The van der Waals surface area contributed by atoms with Gasteiger partial charge in [0, 0.05) is 5.56 Å². The van der Waals surface area contributed by atoms with Crippen LogP contribution >= 0.6 is 0 Å². The predicted octanol–water partition coefficient (Wildman–Crippen LogP) is 4.26. The maximum atomic E-state index is 12.7. The van der Waals surface area contributed by atoms with Crippen LogP contribution in [-0.2, 0) is 17.9 Å². The summed E-state index contributed by atoms with van der Waals surface area (Å²) in [4.78, 5) is 17.0. The summed E-state index contributed by atoms with van der Waals surface area (Å²) in [7, 11) is 0. The van der Waals surface area contributed by atoms with Gasteiger partial charge in [-0.1, -0.05) is 65.3 Å². The molecule has 2 heterocycles. The van der Waals surface area contributed by atoms with Gasteiger partial charge in [0.2, 0.25) is 5.82 Å². The van der Waals surface area contributed by atoms with E-state index in [1.54, 1.807) is 6.92 Å². The minimum absolute atomic E-state index is 0.0965. The van der Waals surface area contributed by atoms with Crippen molar-refractivity contribution < 1.29 is 14.1 Å². The van der Waals surface area contributed by atoms with E-state index in [-0.39, 0.29) is 12.5 Å². The smallest absolute Gasteiger partial charge is 0.342 e. The van der Waals surface area contributed by atoms with Crippen molar-refractivity contribution in [1.82, 2.24) is 19.9 Å². The number of ether oxygens (including phenoxy) is 1. The van der Waals surface area contributed by atoms with Crippen molar-refractivity contribution in [2.45, 2.75) is 33.9 Å². The first kappa shape index (κ1) is 19.6. The molecule has 4 rings (SSSR count). The lowest BCUT2D eigenvalue weighted by Crippen LogP contribution is -2.09. The maximum Gasteiger partial charge on any atom is 0.342 e. The number of rotatable bonds is 6. The van der Waals surface area contributed by atoms with Crippen LogP contribution in [0.1, 0.15) is 38.8 Å². The molecule has 0 radical (unpaired) electrons. The SMILES string of the molecule is Cc1ccc(Cn2nc(C)c(C(=O)OCc3nc(-c4ccccc4)no3)c2C)cc1. The van der Waals surface area contributed by atoms with Crippen molar-refractivity contribution in [3.8, 4) is 11.4 Å². The molecule has 0 unspecified atom stereocenters. The van der Waals surface area contributed by atoms with Crippen LogP contribution in [0, 0.1) is 20.8 Å². The molecule has 0 atom stereocenters. The van der Waals surface area contributed by atoms with E-state index in [0.717, 1.165) is 16.8 Å². The summed E-state index contributed by atoms with van der Waals surface area (Å²) in [5, 5.41) is 8.45. The molecule has 0 saturated heterocycles. The van der Waals surface area contributed by atoms with Crippen molar-refractivity contribution in [3.05, 3.63) is 88.6 Å². The van der Waals surface area contributed by atoms with Crippen LogP contribution in [-0.4, -0.2) is 25.9 Å². The van der Waals surface area contributed by atoms with E-state index in [4.69, 9.17) is 9.26 Å². The summed E-state index contributed by atoms with van der Waals surface area (Å²) in [6, 6.07) is 17.7. The highest BCUT2D eigenvalue weighted by molar-refractivity contribution is 5.91. The minimum Gasteiger partial charge on any atom is -0.452 e. The van der Waals surface area contributed by atoms with E-state index in [1.165, 1.54) is 5.56 Å². The molecule has 0 N–H and O–H groups in total. The molecule has 0 fully saturated rings. The highest BCUT2D eigenvalue weighted by Gasteiger charge is 2.21. The lowest BCUT2D eigenvalue weighted by atomic mass is 10.1. The number of carbonyl (C=O) groups excluding carboxylic acids is 1. The Morgan fingerprint density at radius 1 is 1.03 bits per heavy atom. The van der Waals surface area contributed by atoms with Crippen LogP contribution in [0.15, 0.2) is 59.1 Å². The van der Waals surface area contributed by atoms with Gasteiger partial charge >= 0.3 is 5.97 Å². The van der Waals surface area contributed by atoms with Crippen LogP contribution in [0.5, 0.6) is 0 Å². The third-order valence-corrected chi connectivity index (χ3v) is 4.87. The van der Waals surface area contributed by atoms with Gasteiger partial charge in [0.15, 0.2) is 6.61 Å². The van der Waals surface area contributed by atoms with E-state index >= 15 is 0 Å². The summed E-state index contributed by atoms with van der Waals surface area (Å²) in [5.74, 6) is 0.240. The molecule has 0 saturated carbocycles. The molecule has 0 spiro atoms. The maximum absolute atomic E-state index is 12.7. The predicted molar refractivity (Wildman–Crippen MR) is 111 cm³/mol. The number of aromatic nitrogens is 4. The van der Waals surface area contributed by atoms with Gasteiger partial charge < -0.3 is 9.26 Å². The Kier molecular flexibility index (Phi) is 5.43. The van der Waals surface area contributed by atoms with E-state index in [0.29, 0.717) is 23.6 Å². The van der Waals surface area contributed by atoms with Crippen molar-refractivity contribution in [2.75, 3.05) is 0 Å². The largest absolute Gasteiger partial charge is 0.452 e. The molecule has 0 bridgehead atoms. The number of benzene rings is 2. The molecule has 0 aliphatic rings. The highest BCUT2D eigenvalue weighted by atomic mass is 16.6. The fourth-order valence-corrected chi connectivity index (χ4v) is 3.23. The Labute approximate surface area is 174 Å². The van der Waals surface area contributed by atoms with Crippen LogP contribution in [0.25, 0.3) is 11.4 Å². The zero-order chi connectivity index (χ0) is 21.1. The zero-order valence-corrected chi connectivity index (χ0v) is 17.1. The normalized spacial score (nSPS) is 10.9. The molecule has 0 aliphatic heterocycles. The van der Waals surface area contributed by atoms with Gasteiger partial charge in [-0.2, -0.15) is 10.1 Å². The van der Waals surface area contributed by atoms with E-state index in [2.05, 4.69) is 39.5 Å². The summed E-state index contributed by atoms with van der Waals surface area (Å²) < 4.78 is 12.4. The standard InChI is InChI=1S/C23H22N4O3/c1-15-9-11-18(12-10-15)13-27-17(3)21(16(2)25-27)23(28)29-14-20-24-22(26-30-20)19-7-5-4-6-8-19/h4-12H,13-14H2,1-3H3. The Hall–Kier alpha value is -3.74. The van der Waals surface area contributed by atoms with E-state index in [1.807, 2.05) is 48.9 Å². The molecule has 2 aromatic carbocycles. The van der Waals surface area contributed by atoms with Gasteiger partial charge in [-0.3, -0.25) is 4.68 Å². The van der Waals surface area contributed by atoms with Gasteiger partial charge in [-0.05, 0) is 26.3 Å². The second-order valence-corrected chi connectivity index (χ2v) is 7.14. The molecule has 7 nitrogen and oxygen atoms in total. The van der Waals surface area contributed by atoms with Crippen LogP contribution < -0.4 is 0 Å². The number of hydrogen-bond acceptors (Lipinski definition) is 6. The topological polar surface area (TPSA) is 83.0 Å². The third kappa shape index (κ3) is 4.15. The zero-order valence-electron chi connectivity index (χ0n) is 17.1. The average molecular weight is 402 g/mol. The molecule has 0 amide bonds. The van der Waals surface area contributed by atoms with Crippen LogP contribution in [0.2, 0.25) is 0 Å². The molecule has 0 aliphatic carbocycles. The fraction of sp³-hybridized carbons (Fsp3) is 0.217. The van der Waals surface area contributed by atoms with Crippen molar-refractivity contribution in [3.63, 3.8) is 0 Å². The van der Waals surface area contributed by atoms with E-state index in [9.17, 15) is 4.79 Å². The van der Waals surface area contributed by atoms with Gasteiger partial charge in [-0.15, -0.1) is 0 Å². The number of nitrogens with zero attached hydrogens (tertiary/aromatic N) is 4. The second kappa shape index (κ2) is 8.32. The monoisotopic (exact) mass is 402 g/mol. The number of aryl methyl sites for hydroxylation is 2. The number of carbonyl (C=O) groups is 1. The highest BCUT2D eigenvalue weighted by Crippen LogP contribution is 2.18. The summed E-state index contributed by atoms with van der Waals surface area (Å²) in [6.07, 6.45) is 0. The molecule has 2 aromatic heterocycles. The minimum atomic E-state index is -0.459.